The molecule has 2 saturated carbocycles. The molecule has 6 fully saturated rings. The quantitative estimate of drug-likeness (QED) is 0.0558. The van der Waals surface area contributed by atoms with Crippen LogP contribution in [0.3, 0.4) is 0 Å². The van der Waals surface area contributed by atoms with Crippen LogP contribution in [0, 0.1) is 29.1 Å². The van der Waals surface area contributed by atoms with Gasteiger partial charge in [0.05, 0.1) is 44.7 Å². The molecule has 6 amide bonds. The van der Waals surface area contributed by atoms with Crippen molar-refractivity contribution in [1.82, 2.24) is 46.4 Å². The van der Waals surface area contributed by atoms with Crippen molar-refractivity contribution in [3.63, 3.8) is 0 Å². The number of nitrogens with zero attached hydrogens (tertiary/aromatic N) is 2. The van der Waals surface area contributed by atoms with E-state index < -0.39 is 69.2 Å². The van der Waals surface area contributed by atoms with Crippen LogP contribution in [-0.4, -0.2) is 195 Å². The van der Waals surface area contributed by atoms with Crippen molar-refractivity contribution in [2.75, 3.05) is 90.3 Å². The lowest BCUT2D eigenvalue weighted by molar-refractivity contribution is -0.144. The van der Waals surface area contributed by atoms with Gasteiger partial charge in [-0.2, -0.15) is 0 Å². The van der Waals surface area contributed by atoms with Gasteiger partial charge in [0.25, 0.3) is 0 Å². The van der Waals surface area contributed by atoms with Gasteiger partial charge in [-0.25, -0.2) is 12.7 Å². The Labute approximate surface area is 447 Å². The summed E-state index contributed by atoms with van der Waals surface area (Å²) in [6, 6.07) is -2.00. The highest BCUT2D eigenvalue weighted by molar-refractivity contribution is 8.00. The van der Waals surface area contributed by atoms with E-state index in [0.29, 0.717) is 54.5 Å². The summed E-state index contributed by atoms with van der Waals surface area (Å²) in [5.41, 5.74) is -1.01. The van der Waals surface area contributed by atoms with Crippen LogP contribution in [0.2, 0.25) is 0 Å². The lowest BCUT2D eigenvalue weighted by atomic mass is 9.79. The highest BCUT2D eigenvalue weighted by atomic mass is 32.2. The molecule has 0 spiro atoms. The largest absolute Gasteiger partial charge is 0.391 e. The second-order valence-electron chi connectivity index (χ2n) is 22.3. The molecular formula is C50H87N9O12S3. The fourth-order valence-electron chi connectivity index (χ4n) is 11.1. The van der Waals surface area contributed by atoms with Gasteiger partial charge in [-0.3, -0.25) is 34.1 Å². The van der Waals surface area contributed by atoms with Crippen LogP contribution in [0.5, 0.6) is 0 Å². The Bertz CT molecular complexity index is 1970. The summed E-state index contributed by atoms with van der Waals surface area (Å²) in [6.07, 6.45) is 11.7. The zero-order valence-corrected chi connectivity index (χ0v) is 46.8. The molecule has 6 aliphatic rings. The van der Waals surface area contributed by atoms with Crippen molar-refractivity contribution in [2.24, 2.45) is 29.1 Å². The minimum absolute atomic E-state index is 0.000271. The van der Waals surface area contributed by atoms with Crippen molar-refractivity contribution < 1.29 is 56.5 Å². The molecule has 0 radical (unpaired) electrons. The predicted octanol–water partition coefficient (Wildman–Crippen LogP) is 0.850. The number of nitrogens with one attached hydrogen (secondary N) is 7. The van der Waals surface area contributed by atoms with Gasteiger partial charge in [0.2, 0.25) is 45.5 Å². The smallest absolute Gasteiger partial charge is 0.246 e. The predicted molar refractivity (Wildman–Crippen MR) is 284 cm³/mol. The van der Waals surface area contributed by atoms with Crippen molar-refractivity contribution in [3.8, 4) is 0 Å². The third-order valence-corrected chi connectivity index (χ3v) is 19.4. The maximum Gasteiger partial charge on any atom is 0.246 e. The fourth-order valence-corrected chi connectivity index (χ4v) is 14.7. The van der Waals surface area contributed by atoms with Gasteiger partial charge in [0.1, 0.15) is 30.2 Å². The first-order valence-electron chi connectivity index (χ1n) is 27.1. The summed E-state index contributed by atoms with van der Waals surface area (Å²) in [4.78, 5) is 81.3. The van der Waals surface area contributed by atoms with Gasteiger partial charge in [0.15, 0.2) is 0 Å². The molecule has 2 aliphatic carbocycles. The van der Waals surface area contributed by atoms with Crippen LogP contribution in [-0.2, 0) is 53.0 Å². The number of hydrogen-bond acceptors (Lipinski definition) is 16. The number of aliphatic hydroxyl groups is 1. The fraction of sp³-hybridized carbons (Fsp3) is 0.880. The molecule has 0 aromatic heterocycles. The van der Waals surface area contributed by atoms with E-state index in [1.54, 1.807) is 11.8 Å². The molecule has 422 valence electrons. The van der Waals surface area contributed by atoms with Gasteiger partial charge >= 0.3 is 0 Å². The molecular weight excluding hydrogens is 1010 g/mol. The molecule has 4 heterocycles. The summed E-state index contributed by atoms with van der Waals surface area (Å²) in [5.74, 6) is 0.662. The normalized spacial score (nSPS) is 28.9. The number of likely N-dealkylation sites (tertiary alicyclic amines) is 1. The maximum absolute atomic E-state index is 14.0. The molecule has 74 heavy (non-hydrogen) atoms. The van der Waals surface area contributed by atoms with E-state index >= 15 is 0 Å². The number of β-amino-alcohol motifs (C(OH)–C–C–N with tert-alkyl or cyclic N) is 1. The SMILES string of the molecule is CC1NCSC1C1CCC(CNC(=O)[C@@H]2C[C@@H](O)CN2C(=O)[C@@H](NC(=O)COCCOCCNC(=O)CCCOC[C@H](NC(=O)C2CCN(S(C)(=O)=O)C2)C(=O)NC2NC(C3CCCCC3)CS2)C(C)(C)C)CC1. The minimum Gasteiger partial charge on any atom is -0.391 e. The number of carbonyl (C=O) groups excluding carboxylic acids is 6. The Kier molecular flexibility index (Phi) is 23.9. The molecule has 24 heteroatoms. The summed E-state index contributed by atoms with van der Waals surface area (Å²) in [7, 11) is -3.45. The van der Waals surface area contributed by atoms with Crippen molar-refractivity contribution in [1.29, 1.82) is 0 Å². The lowest BCUT2D eigenvalue weighted by Gasteiger charge is -2.36. The Morgan fingerprint density at radius 3 is 2.26 bits per heavy atom. The standard InChI is InChI=1S/C50H87N9O12S3/c1-32-43(73-31-53-32)35-15-13-33(14-16-35)25-52-47(65)40-24-37(60)27-59(40)48(66)44(50(2,3)4)56-42(62)29-71-23-22-69-21-18-51-41(61)12-9-20-70-28-38(54-45(63)36-17-19-58(26-36)74(5,67)68)46(64)57-49-55-39(30-72-49)34-10-7-6-8-11-34/h32-40,43-44,49,53,55,60H,6-31H2,1-5H3,(H,51,61)(H,52,65)(H,54,63)(H,56,62)(H,57,64)/t32?,33?,35?,36?,37-,38+,39?,40+,43?,44-,49?/m1/s1. The first-order valence-corrected chi connectivity index (χ1v) is 31.1. The van der Waals surface area contributed by atoms with Gasteiger partial charge in [-0.1, -0.05) is 40.0 Å². The van der Waals surface area contributed by atoms with E-state index in [0.717, 1.165) is 43.6 Å². The van der Waals surface area contributed by atoms with Gasteiger partial charge in [-0.05, 0) is 81.5 Å². The maximum atomic E-state index is 14.0. The molecule has 5 unspecified atom stereocenters. The minimum atomic E-state index is -3.45. The van der Waals surface area contributed by atoms with Gasteiger partial charge < -0.3 is 56.1 Å². The molecule has 4 aliphatic heterocycles. The van der Waals surface area contributed by atoms with E-state index in [-0.39, 0.29) is 96.0 Å². The summed E-state index contributed by atoms with van der Waals surface area (Å²) >= 11 is 3.64. The number of sulfonamides is 1. The summed E-state index contributed by atoms with van der Waals surface area (Å²) in [6.45, 7) is 8.93. The Balaban J connectivity index is 0.828. The van der Waals surface area contributed by atoms with E-state index in [9.17, 15) is 42.3 Å². The first-order chi connectivity index (χ1) is 35.3. The van der Waals surface area contributed by atoms with Crippen molar-refractivity contribution in [2.45, 2.75) is 158 Å². The highest BCUT2D eigenvalue weighted by Gasteiger charge is 2.45. The van der Waals surface area contributed by atoms with Crippen LogP contribution < -0.4 is 37.2 Å². The zero-order valence-electron chi connectivity index (χ0n) is 44.4. The highest BCUT2D eigenvalue weighted by Crippen LogP contribution is 2.39. The molecule has 8 N–H and O–H groups in total. The van der Waals surface area contributed by atoms with Gasteiger partial charge in [-0.15, -0.1) is 23.5 Å². The number of hydrogen-bond donors (Lipinski definition) is 8. The van der Waals surface area contributed by atoms with Gasteiger partial charge in [0, 0.05) is 81.1 Å². The van der Waals surface area contributed by atoms with Crippen LogP contribution >= 0.6 is 23.5 Å². The molecule has 21 nitrogen and oxygen atoms in total. The molecule has 0 aromatic carbocycles. The Hall–Kier alpha value is -2.81. The monoisotopic (exact) mass is 1100 g/mol. The van der Waals surface area contributed by atoms with Crippen molar-refractivity contribution in [3.05, 3.63) is 0 Å². The van der Waals surface area contributed by atoms with E-state index in [4.69, 9.17) is 14.2 Å². The molecule has 0 bridgehead atoms. The molecule has 4 saturated heterocycles. The number of rotatable bonds is 26. The molecule has 6 rings (SSSR count). The first kappa shape index (κ1) is 60.4. The van der Waals surface area contributed by atoms with E-state index in [1.165, 1.54) is 41.3 Å². The molecule has 9 atom stereocenters. The topological polar surface area (TPSA) is 275 Å². The second-order valence-corrected chi connectivity index (χ2v) is 26.6. The average molecular weight is 1100 g/mol. The lowest BCUT2D eigenvalue weighted by Crippen LogP contribution is -2.58. The number of ether oxygens (including phenoxy) is 3. The second kappa shape index (κ2) is 29.2. The Morgan fingerprint density at radius 1 is 0.824 bits per heavy atom. The van der Waals surface area contributed by atoms with Crippen LogP contribution in [0.4, 0.5) is 0 Å². The van der Waals surface area contributed by atoms with E-state index in [2.05, 4.69) is 44.1 Å². The third-order valence-electron chi connectivity index (χ3n) is 15.5. The molecule has 0 aromatic rings. The van der Waals surface area contributed by atoms with Crippen molar-refractivity contribution >= 4 is 69.0 Å². The number of thioether (sulfide) groups is 2. The number of amides is 6. The van der Waals surface area contributed by atoms with E-state index in [1.807, 2.05) is 32.5 Å². The van der Waals surface area contributed by atoms with Crippen LogP contribution in [0.1, 0.15) is 111 Å². The summed E-state index contributed by atoms with van der Waals surface area (Å²) in [5, 5.41) is 32.8. The Morgan fingerprint density at radius 2 is 1.57 bits per heavy atom. The average Bonchev–Trinajstić information content (AvgIpc) is 4.21. The summed E-state index contributed by atoms with van der Waals surface area (Å²) < 4.78 is 42.3. The zero-order chi connectivity index (χ0) is 53.4. The third kappa shape index (κ3) is 18.7. The van der Waals surface area contributed by atoms with Crippen LogP contribution in [0.25, 0.3) is 0 Å². The number of aliphatic hydroxyl groups excluding tert-OH is 1. The van der Waals surface area contributed by atoms with Crippen LogP contribution in [0.15, 0.2) is 0 Å². The number of carbonyl (C=O) groups is 6.